The fourth-order valence-corrected chi connectivity index (χ4v) is 4.63. The van der Waals surface area contributed by atoms with Crippen LogP contribution in [-0.4, -0.2) is 56.3 Å². The summed E-state index contributed by atoms with van der Waals surface area (Å²) in [6, 6.07) is 0. The van der Waals surface area contributed by atoms with E-state index in [1.165, 1.54) is 4.31 Å². The van der Waals surface area contributed by atoms with Gasteiger partial charge in [-0.15, -0.1) is 0 Å². The number of H-pyrrole nitrogens is 1. The molecule has 1 rings (SSSR count). The van der Waals surface area contributed by atoms with E-state index < -0.39 is 10.0 Å². The molecule has 6 nitrogen and oxygen atoms in total. The van der Waals surface area contributed by atoms with Gasteiger partial charge in [0.05, 0.1) is 0 Å². The first-order chi connectivity index (χ1) is 8.78. The maximum Gasteiger partial charge on any atom is 0.305 e. The number of sulfonamides is 1. The molecule has 1 aromatic heterocycles. The summed E-state index contributed by atoms with van der Waals surface area (Å²) in [5.41, 5.74) is 0.418. The second-order valence-corrected chi connectivity index (χ2v) is 7.75. The average Bonchev–Trinajstić information content (AvgIpc) is 2.64. The van der Waals surface area contributed by atoms with Crippen molar-refractivity contribution in [2.24, 2.45) is 0 Å². The van der Waals surface area contributed by atoms with Gasteiger partial charge in [-0.3, -0.25) is 4.79 Å². The molecule has 0 aromatic carbocycles. The van der Waals surface area contributed by atoms with Crippen LogP contribution in [0.5, 0.6) is 0 Å². The third kappa shape index (κ3) is 4.13. The van der Waals surface area contributed by atoms with Gasteiger partial charge in [-0.2, -0.15) is 4.31 Å². The van der Waals surface area contributed by atoms with Gasteiger partial charge in [-0.1, -0.05) is 18.3 Å². The highest BCUT2D eigenvalue weighted by Gasteiger charge is 2.27. The number of hydrogen-bond donors (Lipinski definition) is 1. The molecular formula is C11H21N3O3S2. The fraction of sp³-hybridized carbons (Fsp3) is 0.727. The summed E-state index contributed by atoms with van der Waals surface area (Å²) in [4.78, 5) is 15.4. The lowest BCUT2D eigenvalue weighted by Crippen LogP contribution is -2.37. The van der Waals surface area contributed by atoms with Gasteiger partial charge in [0.1, 0.15) is 0 Å². The van der Waals surface area contributed by atoms with E-state index >= 15 is 0 Å². The number of nitrogens with zero attached hydrogens (tertiary/aromatic N) is 2. The zero-order valence-electron chi connectivity index (χ0n) is 11.8. The minimum atomic E-state index is -3.57. The molecule has 0 radical (unpaired) electrons. The first-order valence-corrected chi connectivity index (χ1v) is 8.39. The average molecular weight is 307 g/mol. The number of aromatic nitrogens is 1. The lowest BCUT2D eigenvalue weighted by atomic mass is 10.4. The van der Waals surface area contributed by atoms with E-state index in [4.69, 9.17) is 0 Å². The smallest absolute Gasteiger partial charge is 0.305 e. The van der Waals surface area contributed by atoms with Gasteiger partial charge in [-0.05, 0) is 27.4 Å². The number of aryl methyl sites for hydroxylation is 1. The van der Waals surface area contributed by atoms with Crippen LogP contribution in [-0.2, 0) is 10.0 Å². The Bertz CT molecular complexity index is 560. The Kier molecular flexibility index (Phi) is 5.72. The van der Waals surface area contributed by atoms with Gasteiger partial charge >= 0.3 is 4.87 Å². The van der Waals surface area contributed by atoms with Gasteiger partial charge in [0, 0.05) is 25.3 Å². The molecule has 0 saturated carbocycles. The highest BCUT2D eigenvalue weighted by Crippen LogP contribution is 2.21. The summed E-state index contributed by atoms with van der Waals surface area (Å²) in [7, 11) is 0.224. The van der Waals surface area contributed by atoms with E-state index in [0.717, 1.165) is 17.8 Å². The van der Waals surface area contributed by atoms with Gasteiger partial charge < -0.3 is 9.88 Å². The monoisotopic (exact) mass is 307 g/mol. The van der Waals surface area contributed by atoms with Crippen molar-refractivity contribution >= 4 is 21.4 Å². The minimum Gasteiger partial charge on any atom is -0.315 e. The molecule has 19 heavy (non-hydrogen) atoms. The number of rotatable bonds is 7. The van der Waals surface area contributed by atoms with Crippen LogP contribution in [0, 0.1) is 6.92 Å². The molecule has 110 valence electrons. The number of aromatic amines is 1. The summed E-state index contributed by atoms with van der Waals surface area (Å²) in [6.07, 6.45) is 0.741. The normalized spacial score (nSPS) is 12.5. The number of nitrogens with one attached hydrogen (secondary N) is 1. The summed E-state index contributed by atoms with van der Waals surface area (Å²) in [5, 5.41) is 0. The van der Waals surface area contributed by atoms with Crippen LogP contribution in [0.25, 0.3) is 0 Å². The van der Waals surface area contributed by atoms with Crippen LogP contribution < -0.4 is 4.87 Å². The molecule has 0 fully saturated rings. The van der Waals surface area contributed by atoms with Gasteiger partial charge in [0.2, 0.25) is 0 Å². The molecule has 0 amide bonds. The van der Waals surface area contributed by atoms with Crippen molar-refractivity contribution < 1.29 is 8.42 Å². The van der Waals surface area contributed by atoms with Gasteiger partial charge in [-0.25, -0.2) is 8.42 Å². The molecule has 0 aliphatic carbocycles. The minimum absolute atomic E-state index is 0.129. The van der Waals surface area contributed by atoms with Crippen LogP contribution in [0.3, 0.4) is 0 Å². The Hall–Kier alpha value is -0.700. The zero-order chi connectivity index (χ0) is 14.6. The van der Waals surface area contributed by atoms with Crippen molar-refractivity contribution in [3.05, 3.63) is 15.4 Å². The molecule has 1 aromatic rings. The maximum atomic E-state index is 12.5. The van der Waals surface area contributed by atoms with Crippen molar-refractivity contribution in [3.8, 4) is 0 Å². The van der Waals surface area contributed by atoms with Crippen LogP contribution in [0.2, 0.25) is 0 Å². The van der Waals surface area contributed by atoms with E-state index in [1.807, 2.05) is 25.9 Å². The van der Waals surface area contributed by atoms with Crippen molar-refractivity contribution in [3.63, 3.8) is 0 Å². The molecule has 0 saturated heterocycles. The summed E-state index contributed by atoms with van der Waals surface area (Å²) < 4.78 is 26.6. The van der Waals surface area contributed by atoms with E-state index in [9.17, 15) is 13.2 Å². The standard InChI is InChI=1S/C11H21N3O3S2/c1-5-6-14(8-7-13(3)4)19(16,17)10-9(2)12-11(15)18-10/h5-8H2,1-4H3,(H,12,15). The van der Waals surface area contributed by atoms with Crippen LogP contribution >= 0.6 is 11.3 Å². The summed E-state index contributed by atoms with van der Waals surface area (Å²) in [6.45, 7) is 5.08. The van der Waals surface area contributed by atoms with Gasteiger partial charge in [0.25, 0.3) is 10.0 Å². The zero-order valence-corrected chi connectivity index (χ0v) is 13.4. The molecule has 1 heterocycles. The van der Waals surface area contributed by atoms with Crippen molar-refractivity contribution in [2.45, 2.75) is 24.5 Å². The molecule has 0 spiro atoms. The third-order valence-corrected chi connectivity index (χ3v) is 6.11. The van der Waals surface area contributed by atoms with E-state index in [1.54, 1.807) is 6.92 Å². The molecule has 1 N–H and O–H groups in total. The Balaban J connectivity index is 3.05. The first kappa shape index (κ1) is 16.4. The fourth-order valence-electron chi connectivity index (χ4n) is 1.67. The number of thiazole rings is 1. The molecule has 8 heteroatoms. The van der Waals surface area contributed by atoms with Crippen molar-refractivity contribution in [1.29, 1.82) is 0 Å². The molecule has 0 bridgehead atoms. The van der Waals surface area contributed by atoms with E-state index in [2.05, 4.69) is 4.98 Å². The predicted molar refractivity (Wildman–Crippen MR) is 77.3 cm³/mol. The largest absolute Gasteiger partial charge is 0.315 e. The third-order valence-electron chi connectivity index (χ3n) is 2.62. The topological polar surface area (TPSA) is 73.5 Å². The Morgan fingerprint density at radius 1 is 1.21 bits per heavy atom. The Labute approximate surface area is 118 Å². The summed E-state index contributed by atoms with van der Waals surface area (Å²) >= 11 is 0.755. The lowest BCUT2D eigenvalue weighted by Gasteiger charge is -2.22. The van der Waals surface area contributed by atoms with E-state index in [-0.39, 0.29) is 9.08 Å². The first-order valence-electron chi connectivity index (χ1n) is 6.13. The van der Waals surface area contributed by atoms with Crippen molar-refractivity contribution in [2.75, 3.05) is 33.7 Å². The molecular weight excluding hydrogens is 286 g/mol. The maximum absolute atomic E-state index is 12.5. The molecule has 0 unspecified atom stereocenters. The second kappa shape index (κ2) is 6.65. The highest BCUT2D eigenvalue weighted by molar-refractivity contribution is 7.91. The van der Waals surface area contributed by atoms with E-state index in [0.29, 0.717) is 25.3 Å². The van der Waals surface area contributed by atoms with Gasteiger partial charge in [0.15, 0.2) is 4.21 Å². The van der Waals surface area contributed by atoms with Crippen LogP contribution in [0.15, 0.2) is 9.00 Å². The highest BCUT2D eigenvalue weighted by atomic mass is 32.2. The molecule has 0 aliphatic rings. The Morgan fingerprint density at radius 3 is 2.26 bits per heavy atom. The van der Waals surface area contributed by atoms with Crippen LogP contribution in [0.4, 0.5) is 0 Å². The quantitative estimate of drug-likeness (QED) is 0.805. The molecule has 0 atom stereocenters. The Morgan fingerprint density at radius 2 is 1.84 bits per heavy atom. The second-order valence-electron chi connectivity index (χ2n) is 4.63. The van der Waals surface area contributed by atoms with Crippen molar-refractivity contribution in [1.82, 2.24) is 14.2 Å². The van der Waals surface area contributed by atoms with Crippen LogP contribution in [0.1, 0.15) is 19.0 Å². The number of likely N-dealkylation sites (N-methyl/N-ethyl adjacent to an activating group) is 1. The predicted octanol–water partition coefficient (Wildman–Crippen LogP) is 0.707. The lowest BCUT2D eigenvalue weighted by molar-refractivity contribution is 0.333. The number of hydrogen-bond acceptors (Lipinski definition) is 5. The SMILES string of the molecule is CCCN(CCN(C)C)S(=O)(=O)c1sc(=O)[nH]c1C. The molecule has 0 aliphatic heterocycles. The summed E-state index contributed by atoms with van der Waals surface area (Å²) in [5.74, 6) is 0.